The van der Waals surface area contributed by atoms with Crippen molar-refractivity contribution >= 4 is 17.6 Å². The van der Waals surface area contributed by atoms with Gasteiger partial charge in [-0.05, 0) is 66.4 Å². The van der Waals surface area contributed by atoms with Crippen LogP contribution in [-0.2, 0) is 17.8 Å². The predicted octanol–water partition coefficient (Wildman–Crippen LogP) is 5.63. The van der Waals surface area contributed by atoms with Gasteiger partial charge in [-0.1, -0.05) is 35.9 Å². The lowest BCUT2D eigenvalue weighted by Crippen LogP contribution is -2.41. The van der Waals surface area contributed by atoms with Crippen LogP contribution in [0.2, 0.25) is 5.02 Å². The number of carboxylic acids is 1. The molecule has 0 aliphatic rings. The van der Waals surface area contributed by atoms with Crippen LogP contribution in [0.25, 0.3) is 0 Å². The Labute approximate surface area is 217 Å². The summed E-state index contributed by atoms with van der Waals surface area (Å²) in [6.45, 7) is 2.37. The third kappa shape index (κ3) is 6.42. The van der Waals surface area contributed by atoms with Gasteiger partial charge >= 0.3 is 5.97 Å². The molecule has 0 bridgehead atoms. The molecule has 3 rings (SSSR count). The lowest BCUT2D eigenvalue weighted by molar-refractivity contribution is -0.145. The SMILES string of the molecule is COc1ccc(CC(C)N(Cc2ccc(OC)c(OC)c2)[C@@H](C(=O)O)c2cccc(Cl)c2)cc1OC. The summed E-state index contributed by atoms with van der Waals surface area (Å²) in [6, 6.07) is 17.2. The number of carbonyl (C=O) groups is 1. The van der Waals surface area contributed by atoms with Crippen LogP contribution >= 0.6 is 11.6 Å². The fourth-order valence-corrected chi connectivity index (χ4v) is 4.51. The van der Waals surface area contributed by atoms with Crippen molar-refractivity contribution < 1.29 is 28.8 Å². The van der Waals surface area contributed by atoms with Crippen molar-refractivity contribution in [1.29, 1.82) is 0 Å². The third-order valence-electron chi connectivity index (χ3n) is 6.09. The van der Waals surface area contributed by atoms with Gasteiger partial charge in [-0.2, -0.15) is 0 Å². The molecular formula is C28H32ClNO6. The van der Waals surface area contributed by atoms with E-state index in [-0.39, 0.29) is 6.04 Å². The lowest BCUT2D eigenvalue weighted by Gasteiger charge is -2.35. The van der Waals surface area contributed by atoms with Crippen LogP contribution in [0.3, 0.4) is 0 Å². The van der Waals surface area contributed by atoms with Gasteiger partial charge in [-0.3, -0.25) is 9.69 Å². The summed E-state index contributed by atoms with van der Waals surface area (Å²) in [5.74, 6) is 1.49. The second kappa shape index (κ2) is 12.5. The summed E-state index contributed by atoms with van der Waals surface area (Å²) in [4.78, 5) is 14.6. The minimum Gasteiger partial charge on any atom is -0.493 e. The Bertz CT molecular complexity index is 1180. The number of methoxy groups -OCH3 is 4. The van der Waals surface area contributed by atoms with Crippen LogP contribution in [0.15, 0.2) is 60.7 Å². The summed E-state index contributed by atoms with van der Waals surface area (Å²) in [5.41, 5.74) is 2.49. The van der Waals surface area contributed by atoms with E-state index in [0.29, 0.717) is 46.5 Å². The summed E-state index contributed by atoms with van der Waals surface area (Å²) in [7, 11) is 6.33. The maximum Gasteiger partial charge on any atom is 0.325 e. The van der Waals surface area contributed by atoms with Crippen molar-refractivity contribution in [2.24, 2.45) is 0 Å². The van der Waals surface area contributed by atoms with Gasteiger partial charge in [0.15, 0.2) is 23.0 Å². The second-order valence-corrected chi connectivity index (χ2v) is 8.84. The minimum atomic E-state index is -0.961. The monoisotopic (exact) mass is 513 g/mol. The van der Waals surface area contributed by atoms with E-state index in [4.69, 9.17) is 30.5 Å². The van der Waals surface area contributed by atoms with Gasteiger partial charge < -0.3 is 24.1 Å². The van der Waals surface area contributed by atoms with Crippen molar-refractivity contribution in [1.82, 2.24) is 4.90 Å². The van der Waals surface area contributed by atoms with E-state index in [0.717, 1.165) is 11.1 Å². The van der Waals surface area contributed by atoms with Crippen molar-refractivity contribution in [2.75, 3.05) is 28.4 Å². The Kier molecular flexibility index (Phi) is 9.44. The van der Waals surface area contributed by atoms with Crippen molar-refractivity contribution in [3.63, 3.8) is 0 Å². The maximum absolute atomic E-state index is 12.6. The highest BCUT2D eigenvalue weighted by molar-refractivity contribution is 6.30. The van der Waals surface area contributed by atoms with Crippen LogP contribution in [0, 0.1) is 0 Å². The molecule has 3 aromatic carbocycles. The highest BCUT2D eigenvalue weighted by Crippen LogP contribution is 2.33. The molecule has 0 aliphatic heterocycles. The van der Waals surface area contributed by atoms with Crippen LogP contribution < -0.4 is 18.9 Å². The first-order valence-electron chi connectivity index (χ1n) is 11.5. The fraction of sp³-hybridized carbons (Fsp3) is 0.321. The molecule has 0 saturated heterocycles. The number of carboxylic acid groups (broad SMARTS) is 1. The normalized spacial score (nSPS) is 12.6. The van der Waals surface area contributed by atoms with Crippen LogP contribution in [0.5, 0.6) is 23.0 Å². The standard InChI is InChI=1S/C28H32ClNO6/c1-18(13-19-9-11-23(33-2)25(14-19)35-4)30(17-20-10-12-24(34-3)26(15-20)36-5)27(28(31)32)21-7-6-8-22(29)16-21/h6-12,14-16,18,27H,13,17H2,1-5H3,(H,31,32)/t18?,27-/m1/s1. The summed E-state index contributed by atoms with van der Waals surface area (Å²) in [6.07, 6.45) is 0.581. The molecule has 0 fully saturated rings. The van der Waals surface area contributed by atoms with Gasteiger partial charge in [0, 0.05) is 17.6 Å². The van der Waals surface area contributed by atoms with Gasteiger partial charge in [-0.25, -0.2) is 0 Å². The molecule has 2 atom stereocenters. The lowest BCUT2D eigenvalue weighted by atomic mass is 9.98. The zero-order valence-electron chi connectivity index (χ0n) is 21.2. The summed E-state index contributed by atoms with van der Waals surface area (Å²) in [5, 5.41) is 10.8. The van der Waals surface area contributed by atoms with Gasteiger partial charge in [0.25, 0.3) is 0 Å². The number of ether oxygens (including phenoxy) is 4. The second-order valence-electron chi connectivity index (χ2n) is 8.40. The zero-order valence-corrected chi connectivity index (χ0v) is 21.9. The number of aliphatic carboxylic acids is 1. The van der Waals surface area contributed by atoms with Crippen LogP contribution in [0.1, 0.15) is 29.7 Å². The molecular weight excluding hydrogens is 482 g/mol. The highest BCUT2D eigenvalue weighted by Gasteiger charge is 2.32. The fourth-order valence-electron chi connectivity index (χ4n) is 4.31. The van der Waals surface area contributed by atoms with E-state index in [1.54, 1.807) is 52.7 Å². The average Bonchev–Trinajstić information content (AvgIpc) is 2.87. The van der Waals surface area contributed by atoms with E-state index in [9.17, 15) is 9.90 Å². The number of rotatable bonds is 12. The average molecular weight is 514 g/mol. The first-order chi connectivity index (χ1) is 17.3. The van der Waals surface area contributed by atoms with Crippen LogP contribution in [-0.4, -0.2) is 50.5 Å². The van der Waals surface area contributed by atoms with Gasteiger partial charge in [0.05, 0.1) is 28.4 Å². The summed E-state index contributed by atoms with van der Waals surface area (Å²) < 4.78 is 21.6. The van der Waals surface area contributed by atoms with E-state index < -0.39 is 12.0 Å². The Morgan fingerprint density at radius 3 is 1.92 bits per heavy atom. The van der Waals surface area contributed by atoms with E-state index in [2.05, 4.69) is 0 Å². The molecule has 36 heavy (non-hydrogen) atoms. The first kappa shape index (κ1) is 27.2. The maximum atomic E-state index is 12.6. The Balaban J connectivity index is 2.02. The van der Waals surface area contributed by atoms with E-state index >= 15 is 0 Å². The molecule has 0 amide bonds. The molecule has 1 N–H and O–H groups in total. The quantitative estimate of drug-likeness (QED) is 0.336. The van der Waals surface area contributed by atoms with Crippen molar-refractivity contribution in [2.45, 2.75) is 32.0 Å². The summed E-state index contributed by atoms with van der Waals surface area (Å²) >= 11 is 6.24. The molecule has 0 saturated carbocycles. The van der Waals surface area contributed by atoms with Crippen molar-refractivity contribution in [3.8, 4) is 23.0 Å². The van der Waals surface area contributed by atoms with Gasteiger partial charge in [0.2, 0.25) is 0 Å². The Hall–Kier alpha value is -3.42. The minimum absolute atomic E-state index is 0.170. The molecule has 0 aromatic heterocycles. The smallest absolute Gasteiger partial charge is 0.325 e. The molecule has 0 aliphatic carbocycles. The molecule has 8 heteroatoms. The third-order valence-corrected chi connectivity index (χ3v) is 6.32. The molecule has 3 aromatic rings. The Morgan fingerprint density at radius 2 is 1.39 bits per heavy atom. The number of benzene rings is 3. The zero-order chi connectivity index (χ0) is 26.2. The predicted molar refractivity (Wildman–Crippen MR) is 140 cm³/mol. The molecule has 1 unspecified atom stereocenters. The first-order valence-corrected chi connectivity index (χ1v) is 11.8. The number of hydrogen-bond donors (Lipinski definition) is 1. The topological polar surface area (TPSA) is 77.5 Å². The van der Waals surface area contributed by atoms with Crippen molar-refractivity contribution in [3.05, 3.63) is 82.4 Å². The highest BCUT2D eigenvalue weighted by atomic mass is 35.5. The number of hydrogen-bond acceptors (Lipinski definition) is 6. The Morgan fingerprint density at radius 1 is 0.833 bits per heavy atom. The van der Waals surface area contributed by atoms with Gasteiger partial charge in [0.1, 0.15) is 6.04 Å². The van der Waals surface area contributed by atoms with Crippen LogP contribution in [0.4, 0.5) is 0 Å². The van der Waals surface area contributed by atoms with E-state index in [1.165, 1.54) is 0 Å². The molecule has 0 radical (unpaired) electrons. The van der Waals surface area contributed by atoms with Gasteiger partial charge in [-0.15, -0.1) is 0 Å². The largest absolute Gasteiger partial charge is 0.493 e. The van der Waals surface area contributed by atoms with E-state index in [1.807, 2.05) is 48.2 Å². The number of halogens is 1. The molecule has 7 nitrogen and oxygen atoms in total. The molecule has 192 valence electrons. The number of nitrogens with zero attached hydrogens (tertiary/aromatic N) is 1. The molecule has 0 spiro atoms. The molecule has 0 heterocycles.